The van der Waals surface area contributed by atoms with Crippen LogP contribution in [0, 0.1) is 5.41 Å². The Morgan fingerprint density at radius 2 is 2.06 bits per heavy atom. The molecule has 5 heterocycles. The monoisotopic (exact) mass is 440 g/mol. The van der Waals surface area contributed by atoms with Gasteiger partial charge in [0, 0.05) is 18.7 Å². The van der Waals surface area contributed by atoms with Crippen LogP contribution in [0.4, 0.5) is 0 Å². The zero-order valence-electron chi connectivity index (χ0n) is 17.7. The Morgan fingerprint density at radius 3 is 2.69 bits per heavy atom. The lowest BCUT2D eigenvalue weighted by Crippen LogP contribution is -2.45. The van der Waals surface area contributed by atoms with Gasteiger partial charge in [0.1, 0.15) is 19.0 Å². The lowest BCUT2D eigenvalue weighted by molar-refractivity contribution is -0.139. The highest BCUT2D eigenvalue weighted by Gasteiger charge is 2.52. The van der Waals surface area contributed by atoms with E-state index in [1.165, 1.54) is 29.5 Å². The number of carbonyl (C=O) groups excluding carboxylic acids is 2. The Hall–Kier alpha value is -3.25. The molecule has 0 radical (unpaired) electrons. The number of nitrogens with zero attached hydrogens (tertiary/aromatic N) is 8. The molecule has 0 saturated carbocycles. The van der Waals surface area contributed by atoms with Crippen LogP contribution >= 0.6 is 0 Å². The standard InChI is InChI=1S/C20H24N8O4/c1-13-7-20(19(31)28(13)14-6-18(30)32-11-14)2-4-26(5-3-20)10-16(29)15-8-22-17(9-21-15)27-12-23-24-25-27/h6,8-9,12-13,16,29H,2-5,7,10-11H2,1H3/t13-,16+/m1/s1. The molecular formula is C20H24N8O4. The molecule has 2 aromatic heterocycles. The molecule has 5 rings (SSSR count). The van der Waals surface area contributed by atoms with E-state index in [4.69, 9.17) is 4.74 Å². The summed E-state index contributed by atoms with van der Waals surface area (Å²) < 4.78 is 6.39. The smallest absolute Gasteiger partial charge is 0.333 e. The lowest BCUT2D eigenvalue weighted by atomic mass is 9.76. The van der Waals surface area contributed by atoms with E-state index in [-0.39, 0.29) is 24.5 Å². The third-order valence-corrected chi connectivity index (χ3v) is 6.58. The van der Waals surface area contributed by atoms with E-state index < -0.39 is 11.5 Å². The van der Waals surface area contributed by atoms with Gasteiger partial charge in [-0.1, -0.05) is 0 Å². The number of aliphatic hydroxyl groups excluding tert-OH is 1. The van der Waals surface area contributed by atoms with Crippen molar-refractivity contribution in [2.24, 2.45) is 5.41 Å². The normalized spacial score (nSPS) is 24.1. The lowest BCUT2D eigenvalue weighted by Gasteiger charge is -2.38. The number of amides is 1. The first kappa shape index (κ1) is 20.6. The van der Waals surface area contributed by atoms with Crippen molar-refractivity contribution in [3.8, 4) is 5.82 Å². The Kier molecular flexibility index (Phi) is 5.18. The second kappa shape index (κ2) is 8.02. The summed E-state index contributed by atoms with van der Waals surface area (Å²) in [6, 6.07) is 0.0364. The van der Waals surface area contributed by atoms with Gasteiger partial charge in [0.05, 0.1) is 29.2 Å². The predicted molar refractivity (Wildman–Crippen MR) is 108 cm³/mol. The number of tetrazole rings is 1. The van der Waals surface area contributed by atoms with Crippen LogP contribution in [-0.4, -0.2) is 89.2 Å². The van der Waals surface area contributed by atoms with Crippen molar-refractivity contribution >= 4 is 11.9 Å². The first-order valence-corrected chi connectivity index (χ1v) is 10.6. The van der Waals surface area contributed by atoms with Crippen molar-refractivity contribution in [2.75, 3.05) is 26.2 Å². The van der Waals surface area contributed by atoms with Gasteiger partial charge in [-0.05, 0) is 49.7 Å². The fourth-order valence-electron chi connectivity index (χ4n) is 4.92. The number of cyclic esters (lactones) is 1. The number of hydrogen-bond acceptors (Lipinski definition) is 10. The molecular weight excluding hydrogens is 416 g/mol. The molecule has 168 valence electrons. The minimum atomic E-state index is -0.791. The summed E-state index contributed by atoms with van der Waals surface area (Å²) in [7, 11) is 0. The van der Waals surface area contributed by atoms with Gasteiger partial charge in [-0.15, -0.1) is 5.10 Å². The van der Waals surface area contributed by atoms with Gasteiger partial charge in [0.15, 0.2) is 5.82 Å². The molecule has 0 bridgehead atoms. The summed E-state index contributed by atoms with van der Waals surface area (Å²) in [4.78, 5) is 37.2. The van der Waals surface area contributed by atoms with Gasteiger partial charge < -0.3 is 19.6 Å². The zero-order chi connectivity index (χ0) is 22.3. The quantitative estimate of drug-likeness (QED) is 0.613. The summed E-state index contributed by atoms with van der Waals surface area (Å²) in [6.45, 7) is 4.00. The average molecular weight is 440 g/mol. The van der Waals surface area contributed by atoms with E-state index in [9.17, 15) is 14.7 Å². The van der Waals surface area contributed by atoms with Crippen molar-refractivity contribution < 1.29 is 19.4 Å². The van der Waals surface area contributed by atoms with Crippen molar-refractivity contribution in [2.45, 2.75) is 38.3 Å². The first-order valence-electron chi connectivity index (χ1n) is 10.6. The Bertz CT molecular complexity index is 1030. The Balaban J connectivity index is 1.19. The molecule has 0 unspecified atom stereocenters. The van der Waals surface area contributed by atoms with Gasteiger partial charge in [-0.3, -0.25) is 9.78 Å². The van der Waals surface area contributed by atoms with Crippen LogP contribution in [0.1, 0.15) is 38.0 Å². The number of piperidine rings is 1. The molecule has 32 heavy (non-hydrogen) atoms. The highest BCUT2D eigenvalue weighted by Crippen LogP contribution is 2.46. The largest absolute Gasteiger partial charge is 0.456 e. The topological polar surface area (TPSA) is 139 Å². The van der Waals surface area contributed by atoms with E-state index in [2.05, 4.69) is 30.4 Å². The highest BCUT2D eigenvalue weighted by atomic mass is 16.5. The molecule has 2 atom stereocenters. The van der Waals surface area contributed by atoms with Crippen LogP contribution in [0.15, 0.2) is 30.5 Å². The number of aromatic nitrogens is 6. The van der Waals surface area contributed by atoms with Crippen LogP contribution < -0.4 is 0 Å². The van der Waals surface area contributed by atoms with E-state index in [0.717, 1.165) is 6.42 Å². The number of β-amino-alcohol motifs (C(OH)–C–C–N with tert-alkyl or cyclic N) is 1. The maximum absolute atomic E-state index is 13.3. The summed E-state index contributed by atoms with van der Waals surface area (Å²) in [5, 5.41) is 21.5. The third-order valence-electron chi connectivity index (χ3n) is 6.58. The van der Waals surface area contributed by atoms with Gasteiger partial charge in [-0.25, -0.2) is 9.78 Å². The number of esters is 1. The maximum atomic E-state index is 13.3. The van der Waals surface area contributed by atoms with Crippen molar-refractivity contribution in [3.05, 3.63) is 36.2 Å². The van der Waals surface area contributed by atoms with Gasteiger partial charge in [0.25, 0.3) is 0 Å². The highest BCUT2D eigenvalue weighted by molar-refractivity contribution is 5.91. The van der Waals surface area contributed by atoms with E-state index in [1.807, 2.05) is 6.92 Å². The summed E-state index contributed by atoms with van der Waals surface area (Å²) >= 11 is 0. The number of ether oxygens (including phenoxy) is 1. The fraction of sp³-hybridized carbons (Fsp3) is 0.550. The van der Waals surface area contributed by atoms with Gasteiger partial charge >= 0.3 is 5.97 Å². The van der Waals surface area contributed by atoms with Crippen LogP contribution in [0.3, 0.4) is 0 Å². The minimum absolute atomic E-state index is 0.0364. The maximum Gasteiger partial charge on any atom is 0.333 e. The van der Waals surface area contributed by atoms with Crippen LogP contribution in [0.5, 0.6) is 0 Å². The Morgan fingerprint density at radius 1 is 1.25 bits per heavy atom. The van der Waals surface area contributed by atoms with Gasteiger partial charge in [0.2, 0.25) is 5.91 Å². The molecule has 0 aromatic carbocycles. The van der Waals surface area contributed by atoms with E-state index in [1.54, 1.807) is 4.90 Å². The van der Waals surface area contributed by atoms with Crippen LogP contribution in [-0.2, 0) is 14.3 Å². The predicted octanol–water partition coefficient (Wildman–Crippen LogP) is -0.371. The summed E-state index contributed by atoms with van der Waals surface area (Å²) in [5.41, 5.74) is 0.711. The molecule has 3 aliphatic heterocycles. The SMILES string of the molecule is C[C@@H]1CC2(CCN(C[C@H](O)c3cnc(-n4cnnn4)cn3)CC2)C(=O)N1C1=CC(=O)OC1. The van der Waals surface area contributed by atoms with Crippen molar-refractivity contribution in [1.82, 2.24) is 40.0 Å². The molecule has 0 aliphatic carbocycles. The van der Waals surface area contributed by atoms with Crippen LogP contribution in [0.2, 0.25) is 0 Å². The molecule has 1 spiro atoms. The molecule has 12 nitrogen and oxygen atoms in total. The minimum Gasteiger partial charge on any atom is -0.456 e. The molecule has 2 saturated heterocycles. The van der Waals surface area contributed by atoms with Crippen molar-refractivity contribution in [3.63, 3.8) is 0 Å². The average Bonchev–Trinajstić information content (AvgIpc) is 3.52. The first-order chi connectivity index (χ1) is 15.4. The number of hydrogen-bond donors (Lipinski definition) is 1. The van der Waals surface area contributed by atoms with Crippen molar-refractivity contribution in [1.29, 1.82) is 0 Å². The second-order valence-electron chi connectivity index (χ2n) is 8.62. The molecule has 12 heteroatoms. The summed E-state index contributed by atoms with van der Waals surface area (Å²) in [5.74, 6) is 0.159. The summed E-state index contributed by atoms with van der Waals surface area (Å²) in [6.07, 6.45) is 7.27. The molecule has 1 amide bonds. The zero-order valence-corrected chi connectivity index (χ0v) is 17.7. The fourth-order valence-corrected chi connectivity index (χ4v) is 4.92. The van der Waals surface area contributed by atoms with E-state index >= 15 is 0 Å². The Labute approximate surface area is 183 Å². The molecule has 3 aliphatic rings. The molecule has 2 aromatic rings. The third kappa shape index (κ3) is 3.65. The van der Waals surface area contributed by atoms with Crippen LogP contribution in [0.25, 0.3) is 5.82 Å². The molecule has 1 N–H and O–H groups in total. The van der Waals surface area contributed by atoms with Gasteiger partial charge in [-0.2, -0.15) is 4.68 Å². The van der Waals surface area contributed by atoms with E-state index in [0.29, 0.717) is 49.7 Å². The number of rotatable bonds is 5. The number of carbonyl (C=O) groups is 2. The second-order valence-corrected chi connectivity index (χ2v) is 8.62. The number of likely N-dealkylation sites (tertiary alicyclic amines) is 2. The number of aliphatic hydroxyl groups is 1. The molecule has 2 fully saturated rings.